The first-order valence-corrected chi connectivity index (χ1v) is 12.9. The number of ether oxygens (including phenoxy) is 2. The lowest BCUT2D eigenvalue weighted by molar-refractivity contribution is -0.113. The van der Waals surface area contributed by atoms with Crippen LogP contribution in [0, 0.1) is 5.92 Å². The maximum atomic E-state index is 13.0. The number of thioether (sulfide) groups is 1. The van der Waals surface area contributed by atoms with Crippen molar-refractivity contribution in [3.63, 3.8) is 0 Å². The summed E-state index contributed by atoms with van der Waals surface area (Å²) in [6, 6.07) is 12.8. The fourth-order valence-corrected chi connectivity index (χ4v) is 4.32. The van der Waals surface area contributed by atoms with Crippen molar-refractivity contribution in [3.8, 4) is 5.75 Å². The van der Waals surface area contributed by atoms with E-state index in [1.807, 2.05) is 18.4 Å². The van der Waals surface area contributed by atoms with E-state index in [1.165, 1.54) is 18.9 Å². The summed E-state index contributed by atoms with van der Waals surface area (Å²) in [5.74, 6) is 0.392. The van der Waals surface area contributed by atoms with Crippen LogP contribution in [0.15, 0.2) is 66.3 Å². The molecular formula is C27H31N5O5S. The van der Waals surface area contributed by atoms with Gasteiger partial charge in [0.15, 0.2) is 11.0 Å². The van der Waals surface area contributed by atoms with Gasteiger partial charge in [0, 0.05) is 17.8 Å². The van der Waals surface area contributed by atoms with Crippen molar-refractivity contribution in [1.29, 1.82) is 0 Å². The number of nitrogens with one attached hydrogen (secondary N) is 2. The van der Waals surface area contributed by atoms with Crippen LogP contribution in [0.25, 0.3) is 0 Å². The molecule has 10 nitrogen and oxygen atoms in total. The van der Waals surface area contributed by atoms with E-state index < -0.39 is 12.0 Å². The Morgan fingerprint density at radius 2 is 1.68 bits per heavy atom. The quantitative estimate of drug-likeness (QED) is 0.201. The Hall–Kier alpha value is -4.12. The number of amides is 2. The minimum Gasteiger partial charge on any atom is -0.497 e. The van der Waals surface area contributed by atoms with Crippen molar-refractivity contribution in [2.45, 2.75) is 31.6 Å². The van der Waals surface area contributed by atoms with Crippen molar-refractivity contribution < 1.29 is 23.9 Å². The Labute approximate surface area is 225 Å². The molecule has 3 rings (SSSR count). The number of nitrogens with zero attached hydrogens (tertiary/aromatic N) is 3. The number of hydrogen-bond acceptors (Lipinski definition) is 8. The number of carbonyl (C=O) groups excluding carboxylic acids is 3. The molecule has 0 aliphatic heterocycles. The summed E-state index contributed by atoms with van der Waals surface area (Å²) in [6.45, 7) is 8.20. The third-order valence-electron chi connectivity index (χ3n) is 5.56. The molecule has 200 valence electrons. The second kappa shape index (κ2) is 13.4. The summed E-state index contributed by atoms with van der Waals surface area (Å²) >= 11 is 1.22. The Balaban J connectivity index is 1.70. The molecule has 1 atom stereocenters. The van der Waals surface area contributed by atoms with Gasteiger partial charge in [-0.1, -0.05) is 31.7 Å². The molecule has 0 aliphatic carbocycles. The molecule has 0 saturated heterocycles. The summed E-state index contributed by atoms with van der Waals surface area (Å²) < 4.78 is 11.7. The first-order chi connectivity index (χ1) is 18.3. The molecular weight excluding hydrogens is 506 g/mol. The average molecular weight is 538 g/mol. The summed E-state index contributed by atoms with van der Waals surface area (Å²) in [4.78, 5) is 37.1. The number of rotatable bonds is 12. The number of methoxy groups -OCH3 is 2. The Kier molecular flexibility index (Phi) is 10.1. The highest BCUT2D eigenvalue weighted by Gasteiger charge is 2.26. The predicted octanol–water partition coefficient (Wildman–Crippen LogP) is 4.12. The van der Waals surface area contributed by atoms with Gasteiger partial charge in [-0.15, -0.1) is 16.8 Å². The van der Waals surface area contributed by atoms with Gasteiger partial charge in [-0.05, 0) is 54.4 Å². The maximum absolute atomic E-state index is 13.0. The highest BCUT2D eigenvalue weighted by molar-refractivity contribution is 7.99. The SMILES string of the molecule is C=CCn1c(SCC(=O)Nc2ccc(C(=O)OC)cc2)nnc1[C@@H](NC(=O)c1ccc(OC)cc1)C(C)C. The van der Waals surface area contributed by atoms with Gasteiger partial charge in [0.1, 0.15) is 5.75 Å². The normalized spacial score (nSPS) is 11.5. The molecule has 2 amide bonds. The number of anilines is 1. The molecule has 2 N–H and O–H groups in total. The van der Waals surface area contributed by atoms with Crippen LogP contribution in [-0.2, 0) is 16.1 Å². The van der Waals surface area contributed by atoms with Crippen LogP contribution >= 0.6 is 11.8 Å². The first-order valence-electron chi connectivity index (χ1n) is 11.9. The zero-order valence-corrected chi connectivity index (χ0v) is 22.6. The zero-order chi connectivity index (χ0) is 27.7. The van der Waals surface area contributed by atoms with Crippen LogP contribution in [0.3, 0.4) is 0 Å². The topological polar surface area (TPSA) is 124 Å². The average Bonchev–Trinajstić information content (AvgIpc) is 3.32. The Morgan fingerprint density at radius 3 is 2.26 bits per heavy atom. The van der Waals surface area contributed by atoms with Gasteiger partial charge in [0.25, 0.3) is 5.91 Å². The lowest BCUT2D eigenvalue weighted by atomic mass is 10.0. The van der Waals surface area contributed by atoms with Crippen LogP contribution in [0.2, 0.25) is 0 Å². The highest BCUT2D eigenvalue weighted by Crippen LogP contribution is 2.26. The summed E-state index contributed by atoms with van der Waals surface area (Å²) in [6.07, 6.45) is 1.71. The molecule has 0 spiro atoms. The van der Waals surface area contributed by atoms with Crippen LogP contribution in [0.4, 0.5) is 5.69 Å². The molecule has 0 radical (unpaired) electrons. The van der Waals surface area contributed by atoms with Gasteiger partial charge >= 0.3 is 5.97 Å². The van der Waals surface area contributed by atoms with Gasteiger partial charge in [-0.25, -0.2) is 4.79 Å². The fraction of sp³-hybridized carbons (Fsp3) is 0.296. The van der Waals surface area contributed by atoms with Crippen LogP contribution in [0.5, 0.6) is 5.75 Å². The third-order valence-corrected chi connectivity index (χ3v) is 6.53. The van der Waals surface area contributed by atoms with Crippen molar-refractivity contribution in [2.75, 3.05) is 25.3 Å². The molecule has 2 aromatic carbocycles. The highest BCUT2D eigenvalue weighted by atomic mass is 32.2. The molecule has 0 aliphatic rings. The molecule has 3 aromatic rings. The van der Waals surface area contributed by atoms with E-state index in [0.29, 0.717) is 40.1 Å². The standard InChI is InChI=1S/C27H31N5O5S/c1-6-15-32-24(23(17(2)3)29-25(34)18-9-13-21(36-4)14-10-18)30-31-27(32)38-16-22(33)28-20-11-7-19(8-12-20)26(35)37-5/h6-14,17,23H,1,15-16H2,2-5H3,(H,28,33)(H,29,34)/t23-/m0/s1. The molecule has 0 fully saturated rings. The molecule has 38 heavy (non-hydrogen) atoms. The molecule has 0 saturated carbocycles. The summed E-state index contributed by atoms with van der Waals surface area (Å²) in [7, 11) is 2.88. The minimum absolute atomic E-state index is 0.0130. The molecule has 11 heteroatoms. The van der Waals surface area contributed by atoms with E-state index in [1.54, 1.807) is 61.7 Å². The first kappa shape index (κ1) is 28.5. The van der Waals surface area contributed by atoms with Crippen LogP contribution in [-0.4, -0.2) is 52.5 Å². The number of esters is 1. The second-order valence-electron chi connectivity index (χ2n) is 8.57. The number of hydrogen-bond donors (Lipinski definition) is 2. The second-order valence-corrected chi connectivity index (χ2v) is 9.51. The van der Waals surface area contributed by atoms with E-state index in [0.717, 1.165) is 0 Å². The van der Waals surface area contributed by atoms with Crippen molar-refractivity contribution in [1.82, 2.24) is 20.1 Å². The number of benzene rings is 2. The third kappa shape index (κ3) is 7.22. The van der Waals surface area contributed by atoms with Crippen molar-refractivity contribution >= 4 is 35.2 Å². The Bertz CT molecular complexity index is 1270. The summed E-state index contributed by atoms with van der Waals surface area (Å²) in [5.41, 5.74) is 1.44. The number of aromatic nitrogens is 3. The molecule has 0 unspecified atom stereocenters. The van der Waals surface area contributed by atoms with Crippen LogP contribution < -0.4 is 15.4 Å². The smallest absolute Gasteiger partial charge is 0.337 e. The predicted molar refractivity (Wildman–Crippen MR) is 145 cm³/mol. The fourth-order valence-electron chi connectivity index (χ4n) is 3.57. The monoisotopic (exact) mass is 537 g/mol. The van der Waals surface area contributed by atoms with Gasteiger partial charge in [0.05, 0.1) is 31.6 Å². The van der Waals surface area contributed by atoms with Crippen molar-refractivity contribution in [3.05, 3.63) is 78.1 Å². The van der Waals surface area contributed by atoms with Gasteiger partial charge < -0.3 is 24.7 Å². The minimum atomic E-state index is -0.448. The largest absolute Gasteiger partial charge is 0.497 e. The lowest BCUT2D eigenvalue weighted by Crippen LogP contribution is -2.33. The molecule has 1 aromatic heterocycles. The van der Waals surface area contributed by atoms with Crippen molar-refractivity contribution in [2.24, 2.45) is 5.92 Å². The maximum Gasteiger partial charge on any atom is 0.337 e. The van der Waals surface area contributed by atoms with E-state index in [2.05, 4.69) is 32.1 Å². The Morgan fingerprint density at radius 1 is 1.03 bits per heavy atom. The lowest BCUT2D eigenvalue weighted by Gasteiger charge is -2.22. The molecule has 0 bridgehead atoms. The van der Waals surface area contributed by atoms with E-state index in [9.17, 15) is 14.4 Å². The van der Waals surface area contributed by atoms with E-state index in [4.69, 9.17) is 4.74 Å². The molecule has 1 heterocycles. The van der Waals surface area contributed by atoms with Gasteiger partial charge in [-0.2, -0.15) is 0 Å². The number of allylic oxidation sites excluding steroid dienone is 1. The van der Waals surface area contributed by atoms with Crippen LogP contribution in [0.1, 0.15) is 46.4 Å². The number of carbonyl (C=O) groups is 3. The van der Waals surface area contributed by atoms with E-state index >= 15 is 0 Å². The van der Waals surface area contributed by atoms with E-state index in [-0.39, 0.29) is 23.5 Å². The van der Waals surface area contributed by atoms with Gasteiger partial charge in [-0.3, -0.25) is 9.59 Å². The van der Waals surface area contributed by atoms with Gasteiger partial charge in [0.2, 0.25) is 5.91 Å². The zero-order valence-electron chi connectivity index (χ0n) is 21.8. The summed E-state index contributed by atoms with van der Waals surface area (Å²) in [5, 5.41) is 15.0.